The fourth-order valence-electron chi connectivity index (χ4n) is 3.07. The number of nitrogens with one attached hydrogen (secondary N) is 1. The lowest BCUT2D eigenvalue weighted by molar-refractivity contribution is -0.152. The summed E-state index contributed by atoms with van der Waals surface area (Å²) < 4.78 is 10.2. The van der Waals surface area contributed by atoms with Gasteiger partial charge in [0.1, 0.15) is 5.75 Å². The number of carbonyl (C=O) groups is 3. The molecule has 3 rings (SSSR count). The molecular formula is C20H21ClN2O5S. The van der Waals surface area contributed by atoms with E-state index in [1.807, 2.05) is 11.4 Å². The summed E-state index contributed by atoms with van der Waals surface area (Å²) in [5, 5.41) is 4.85. The molecule has 9 heteroatoms. The number of piperidine rings is 1. The largest absolute Gasteiger partial charge is 0.495 e. The highest BCUT2D eigenvalue weighted by Crippen LogP contribution is 2.27. The first-order valence-corrected chi connectivity index (χ1v) is 10.4. The quantitative estimate of drug-likeness (QED) is 0.701. The third-order valence-electron chi connectivity index (χ3n) is 4.63. The van der Waals surface area contributed by atoms with Crippen LogP contribution in [0.1, 0.15) is 22.5 Å². The van der Waals surface area contributed by atoms with Crippen molar-refractivity contribution in [1.82, 2.24) is 4.90 Å². The van der Waals surface area contributed by atoms with Gasteiger partial charge in [0.15, 0.2) is 6.61 Å². The molecule has 0 atom stereocenters. The number of esters is 1. The number of benzene rings is 1. The Bertz CT molecular complexity index is 879. The summed E-state index contributed by atoms with van der Waals surface area (Å²) in [6.07, 6.45) is 1.04. The van der Waals surface area contributed by atoms with E-state index in [2.05, 4.69) is 5.32 Å². The predicted molar refractivity (Wildman–Crippen MR) is 111 cm³/mol. The van der Waals surface area contributed by atoms with Gasteiger partial charge in [0.05, 0.1) is 22.9 Å². The van der Waals surface area contributed by atoms with E-state index in [1.165, 1.54) is 18.4 Å². The van der Waals surface area contributed by atoms with Crippen molar-refractivity contribution in [2.24, 2.45) is 5.92 Å². The molecule has 0 unspecified atom stereocenters. The Labute approximate surface area is 177 Å². The Hall–Kier alpha value is -2.58. The van der Waals surface area contributed by atoms with E-state index in [1.54, 1.807) is 29.2 Å². The zero-order valence-corrected chi connectivity index (χ0v) is 17.4. The number of halogens is 1. The van der Waals surface area contributed by atoms with Crippen LogP contribution >= 0.6 is 22.9 Å². The predicted octanol–water partition coefficient (Wildman–Crippen LogP) is 3.44. The van der Waals surface area contributed by atoms with E-state index >= 15 is 0 Å². The van der Waals surface area contributed by atoms with Gasteiger partial charge in [0.25, 0.3) is 11.8 Å². The van der Waals surface area contributed by atoms with Crippen molar-refractivity contribution in [3.05, 3.63) is 45.6 Å². The topological polar surface area (TPSA) is 84.9 Å². The van der Waals surface area contributed by atoms with Crippen molar-refractivity contribution < 1.29 is 23.9 Å². The summed E-state index contributed by atoms with van der Waals surface area (Å²) in [5.74, 6) is -0.698. The third kappa shape index (κ3) is 5.48. The lowest BCUT2D eigenvalue weighted by atomic mass is 9.97. The molecule has 0 saturated carbocycles. The molecule has 1 N–H and O–H groups in total. The van der Waals surface area contributed by atoms with Gasteiger partial charge < -0.3 is 19.7 Å². The fraction of sp³-hybridized carbons (Fsp3) is 0.350. The number of methoxy groups -OCH3 is 1. The molecule has 0 bridgehead atoms. The monoisotopic (exact) mass is 436 g/mol. The SMILES string of the molecule is COc1ccc(NC(=O)COC(=O)C2CCN(C(=O)c3cccs3)CC2)cc1Cl. The van der Waals surface area contributed by atoms with E-state index in [0.717, 1.165) is 0 Å². The first kappa shape index (κ1) is 21.1. The maximum atomic E-state index is 12.3. The van der Waals surface area contributed by atoms with Gasteiger partial charge in [-0.1, -0.05) is 17.7 Å². The zero-order valence-electron chi connectivity index (χ0n) is 15.9. The summed E-state index contributed by atoms with van der Waals surface area (Å²) >= 11 is 7.42. The van der Waals surface area contributed by atoms with E-state index in [0.29, 0.717) is 47.3 Å². The highest BCUT2D eigenvalue weighted by Gasteiger charge is 2.29. The number of likely N-dealkylation sites (tertiary alicyclic amines) is 1. The molecule has 2 heterocycles. The molecule has 29 heavy (non-hydrogen) atoms. The average Bonchev–Trinajstić information content (AvgIpc) is 3.26. The fourth-order valence-corrected chi connectivity index (χ4v) is 4.02. The van der Waals surface area contributed by atoms with Gasteiger partial charge in [-0.25, -0.2) is 0 Å². The molecular weight excluding hydrogens is 416 g/mol. The number of amides is 2. The first-order valence-electron chi connectivity index (χ1n) is 9.10. The second kappa shape index (κ2) is 9.76. The second-order valence-electron chi connectivity index (χ2n) is 6.55. The number of ether oxygens (including phenoxy) is 2. The summed E-state index contributed by atoms with van der Waals surface area (Å²) in [6.45, 7) is 0.608. The highest BCUT2D eigenvalue weighted by molar-refractivity contribution is 7.12. The highest BCUT2D eigenvalue weighted by atomic mass is 35.5. The molecule has 2 amide bonds. The molecule has 1 aliphatic heterocycles. The van der Waals surface area contributed by atoms with Crippen molar-refractivity contribution in [2.45, 2.75) is 12.8 Å². The molecule has 1 fully saturated rings. The lowest BCUT2D eigenvalue weighted by Gasteiger charge is -2.30. The van der Waals surface area contributed by atoms with Crippen LogP contribution in [0.15, 0.2) is 35.7 Å². The summed E-state index contributed by atoms with van der Waals surface area (Å²) in [4.78, 5) is 39.1. The van der Waals surface area contributed by atoms with Gasteiger partial charge in [0.2, 0.25) is 0 Å². The van der Waals surface area contributed by atoms with Crippen LogP contribution in [0.2, 0.25) is 5.02 Å². The van der Waals surface area contributed by atoms with Gasteiger partial charge in [-0.2, -0.15) is 0 Å². The summed E-state index contributed by atoms with van der Waals surface area (Å²) in [7, 11) is 1.50. The van der Waals surface area contributed by atoms with E-state index in [4.69, 9.17) is 21.1 Å². The lowest BCUT2D eigenvalue weighted by Crippen LogP contribution is -2.40. The molecule has 2 aromatic rings. The van der Waals surface area contributed by atoms with Crippen molar-refractivity contribution in [1.29, 1.82) is 0 Å². The number of carbonyl (C=O) groups excluding carboxylic acids is 3. The van der Waals surface area contributed by atoms with Gasteiger partial charge in [-0.05, 0) is 42.5 Å². The van der Waals surface area contributed by atoms with Crippen LogP contribution in [0.5, 0.6) is 5.75 Å². The Morgan fingerprint density at radius 3 is 2.62 bits per heavy atom. The molecule has 1 aromatic carbocycles. The van der Waals surface area contributed by atoms with Crippen LogP contribution in [-0.4, -0.2) is 49.5 Å². The third-order valence-corrected chi connectivity index (χ3v) is 5.78. The molecule has 0 aliphatic carbocycles. The zero-order chi connectivity index (χ0) is 20.8. The minimum absolute atomic E-state index is 0.00986. The van der Waals surface area contributed by atoms with E-state index < -0.39 is 11.9 Å². The van der Waals surface area contributed by atoms with E-state index in [-0.39, 0.29) is 18.4 Å². The maximum absolute atomic E-state index is 12.3. The molecule has 1 aliphatic rings. The molecule has 7 nitrogen and oxygen atoms in total. The number of hydrogen-bond acceptors (Lipinski definition) is 6. The smallest absolute Gasteiger partial charge is 0.309 e. The number of hydrogen-bond donors (Lipinski definition) is 1. The Kier molecular flexibility index (Phi) is 7.11. The Balaban J connectivity index is 1.42. The number of thiophene rings is 1. The van der Waals surface area contributed by atoms with Crippen LogP contribution in [-0.2, 0) is 14.3 Å². The summed E-state index contributed by atoms with van der Waals surface area (Å²) in [5.41, 5.74) is 0.484. The second-order valence-corrected chi connectivity index (χ2v) is 7.90. The molecule has 1 aromatic heterocycles. The normalized spacial score (nSPS) is 14.3. The maximum Gasteiger partial charge on any atom is 0.309 e. The Morgan fingerprint density at radius 2 is 2.00 bits per heavy atom. The average molecular weight is 437 g/mol. The summed E-state index contributed by atoms with van der Waals surface area (Å²) in [6, 6.07) is 8.47. The number of nitrogens with zero attached hydrogens (tertiary/aromatic N) is 1. The van der Waals surface area contributed by atoms with Gasteiger partial charge in [0, 0.05) is 18.8 Å². The van der Waals surface area contributed by atoms with E-state index in [9.17, 15) is 14.4 Å². The van der Waals surface area contributed by atoms with Gasteiger partial charge in [-0.15, -0.1) is 11.3 Å². The van der Waals surface area contributed by atoms with Crippen molar-refractivity contribution in [2.75, 3.05) is 32.1 Å². The minimum Gasteiger partial charge on any atom is -0.495 e. The van der Waals surface area contributed by atoms with Crippen molar-refractivity contribution in [3.8, 4) is 5.75 Å². The van der Waals surface area contributed by atoms with Crippen molar-refractivity contribution in [3.63, 3.8) is 0 Å². The standard InChI is InChI=1S/C20H21ClN2O5S/c1-27-16-5-4-14(11-15(16)21)22-18(24)12-28-20(26)13-6-8-23(9-7-13)19(25)17-3-2-10-29-17/h2-5,10-11,13H,6-9,12H2,1H3,(H,22,24). The van der Waals surface area contributed by atoms with Crippen LogP contribution in [0.3, 0.4) is 0 Å². The molecule has 0 spiro atoms. The van der Waals surface area contributed by atoms with Crippen LogP contribution in [0.25, 0.3) is 0 Å². The number of anilines is 1. The number of rotatable bonds is 6. The molecule has 1 saturated heterocycles. The van der Waals surface area contributed by atoms with Crippen LogP contribution in [0.4, 0.5) is 5.69 Å². The minimum atomic E-state index is -0.454. The molecule has 0 radical (unpaired) electrons. The van der Waals surface area contributed by atoms with Gasteiger partial charge in [-0.3, -0.25) is 14.4 Å². The van der Waals surface area contributed by atoms with Crippen LogP contribution < -0.4 is 10.1 Å². The van der Waals surface area contributed by atoms with Gasteiger partial charge >= 0.3 is 5.97 Å². The van der Waals surface area contributed by atoms with Crippen molar-refractivity contribution >= 4 is 46.4 Å². The Morgan fingerprint density at radius 1 is 1.24 bits per heavy atom. The van der Waals surface area contributed by atoms with Crippen LogP contribution in [0, 0.1) is 5.92 Å². The first-order chi connectivity index (χ1) is 14.0. The molecule has 154 valence electrons.